The first kappa shape index (κ1) is 24.4. The largest absolute Gasteiger partial charge is 0.474 e. The second kappa shape index (κ2) is 9.29. The molecule has 2 aromatic heterocycles. The van der Waals surface area contributed by atoms with Crippen molar-refractivity contribution >= 4 is 43.2 Å². The Morgan fingerprint density at radius 1 is 1.26 bits per heavy atom. The van der Waals surface area contributed by atoms with Gasteiger partial charge in [-0.05, 0) is 44.2 Å². The Morgan fingerprint density at radius 2 is 1.94 bits per heavy atom. The summed E-state index contributed by atoms with van der Waals surface area (Å²) in [6, 6.07) is 1.59. The first-order valence-corrected chi connectivity index (χ1v) is 13.9. The lowest BCUT2D eigenvalue weighted by atomic mass is 9.95. The zero-order valence-corrected chi connectivity index (χ0v) is 20.9. The van der Waals surface area contributed by atoms with E-state index in [0.717, 1.165) is 23.8 Å². The predicted octanol–water partition coefficient (Wildman–Crippen LogP) is 4.13. The number of nitrogens with zero attached hydrogens (tertiary/aromatic N) is 2. The Morgan fingerprint density at radius 3 is 2.52 bits per heavy atom. The smallest absolute Gasteiger partial charge is 0.223 e. The van der Waals surface area contributed by atoms with Crippen molar-refractivity contribution in [2.75, 3.05) is 6.26 Å². The Labute approximate surface area is 191 Å². The van der Waals surface area contributed by atoms with E-state index in [4.69, 9.17) is 16.3 Å². The zero-order chi connectivity index (χ0) is 23.0. The fourth-order valence-corrected chi connectivity index (χ4v) is 5.61. The fourth-order valence-electron chi connectivity index (χ4n) is 3.47. The number of hydrogen-bond acceptors (Lipinski definition) is 6. The third-order valence-electron chi connectivity index (χ3n) is 5.43. The van der Waals surface area contributed by atoms with Gasteiger partial charge in [0.25, 0.3) is 0 Å². The second-order valence-corrected chi connectivity index (χ2v) is 13.8. The molecule has 0 amide bonds. The fraction of sp³-hybridized carbons (Fsp3) is 0.619. The highest BCUT2D eigenvalue weighted by Gasteiger charge is 2.38. The van der Waals surface area contributed by atoms with Crippen molar-refractivity contribution in [3.05, 3.63) is 29.2 Å². The Bertz CT molecular complexity index is 1080. The summed E-state index contributed by atoms with van der Waals surface area (Å²) in [5.74, 6) is 0.409. The van der Waals surface area contributed by atoms with Gasteiger partial charge in [-0.2, -0.15) is 0 Å². The number of halogens is 1. The quantitative estimate of drug-likeness (QED) is 0.562. The molecule has 3 rings (SSSR count). The summed E-state index contributed by atoms with van der Waals surface area (Å²) in [7, 11) is -4.31. The standard InChI is InChI=1S/C21H30ClN3O4S2/c1-6-7-18(25-30(26)21(2,3)4)16-11-24-20(17-12-23-19(22)10-15(16)17)29-13-8-14(9-13)31(5,27)28/h10-14,18,25H,6-9H2,1-5H3/t13?,14?,18-,30?/m0/s1. The van der Waals surface area contributed by atoms with Crippen LogP contribution < -0.4 is 9.46 Å². The number of fused-ring (bicyclic) bond motifs is 1. The molecule has 0 saturated heterocycles. The first-order chi connectivity index (χ1) is 14.4. The van der Waals surface area contributed by atoms with Gasteiger partial charge in [-0.3, -0.25) is 0 Å². The summed E-state index contributed by atoms with van der Waals surface area (Å²) in [6.45, 7) is 7.85. The molecule has 1 saturated carbocycles. The van der Waals surface area contributed by atoms with Gasteiger partial charge in [0.1, 0.15) is 11.3 Å². The molecule has 2 heterocycles. The van der Waals surface area contributed by atoms with Crippen LogP contribution >= 0.6 is 11.6 Å². The lowest BCUT2D eigenvalue weighted by molar-refractivity contribution is 0.119. The van der Waals surface area contributed by atoms with Crippen LogP contribution in [0.25, 0.3) is 10.8 Å². The van der Waals surface area contributed by atoms with E-state index < -0.39 is 25.6 Å². The summed E-state index contributed by atoms with van der Waals surface area (Å²) < 4.78 is 45.0. The van der Waals surface area contributed by atoms with Crippen LogP contribution in [0.3, 0.4) is 0 Å². The van der Waals surface area contributed by atoms with E-state index in [1.165, 1.54) is 6.26 Å². The number of aromatic nitrogens is 2. The number of ether oxygens (including phenoxy) is 1. The van der Waals surface area contributed by atoms with Crippen LogP contribution in [0.2, 0.25) is 5.15 Å². The van der Waals surface area contributed by atoms with E-state index >= 15 is 0 Å². The van der Waals surface area contributed by atoms with Crippen LogP contribution in [0.1, 0.15) is 65.0 Å². The summed E-state index contributed by atoms with van der Waals surface area (Å²) in [5, 5.41) is 1.52. The maximum Gasteiger partial charge on any atom is 0.223 e. The Balaban J connectivity index is 1.93. The average Bonchev–Trinajstić information content (AvgIpc) is 2.61. The van der Waals surface area contributed by atoms with Crippen molar-refractivity contribution in [2.45, 2.75) is 75.5 Å². The van der Waals surface area contributed by atoms with Gasteiger partial charge >= 0.3 is 0 Å². The molecular formula is C21H30ClN3O4S2. The number of hydrogen-bond donors (Lipinski definition) is 1. The van der Waals surface area contributed by atoms with E-state index in [-0.39, 0.29) is 17.4 Å². The summed E-state index contributed by atoms with van der Waals surface area (Å²) >= 11 is 6.20. The normalized spacial score (nSPS) is 21.5. The molecule has 0 aliphatic heterocycles. The maximum absolute atomic E-state index is 12.8. The molecule has 1 aliphatic rings. The van der Waals surface area contributed by atoms with Crippen LogP contribution in [0.15, 0.2) is 18.5 Å². The van der Waals surface area contributed by atoms with E-state index in [2.05, 4.69) is 21.6 Å². The molecule has 2 atom stereocenters. The van der Waals surface area contributed by atoms with Crippen molar-refractivity contribution in [3.63, 3.8) is 0 Å². The highest BCUT2D eigenvalue weighted by molar-refractivity contribution is 7.91. The molecule has 0 bridgehead atoms. The van der Waals surface area contributed by atoms with Gasteiger partial charge in [0.05, 0.1) is 26.4 Å². The van der Waals surface area contributed by atoms with Crippen molar-refractivity contribution in [3.8, 4) is 5.88 Å². The molecule has 31 heavy (non-hydrogen) atoms. The monoisotopic (exact) mass is 487 g/mol. The highest BCUT2D eigenvalue weighted by atomic mass is 35.5. The van der Waals surface area contributed by atoms with Gasteiger partial charge in [-0.15, -0.1) is 0 Å². The molecular weight excluding hydrogens is 458 g/mol. The number of rotatable bonds is 8. The van der Waals surface area contributed by atoms with Crippen molar-refractivity contribution in [2.24, 2.45) is 0 Å². The molecule has 1 aliphatic carbocycles. The maximum atomic E-state index is 12.8. The minimum Gasteiger partial charge on any atom is -0.474 e. The molecule has 10 heteroatoms. The highest BCUT2D eigenvalue weighted by Crippen LogP contribution is 2.36. The minimum absolute atomic E-state index is 0.175. The van der Waals surface area contributed by atoms with E-state index in [1.54, 1.807) is 18.5 Å². The molecule has 1 fully saturated rings. The summed E-state index contributed by atoms with van der Waals surface area (Å²) in [6.07, 6.45) is 6.99. The van der Waals surface area contributed by atoms with Crippen molar-refractivity contribution in [1.82, 2.24) is 14.7 Å². The average molecular weight is 488 g/mol. The third kappa shape index (κ3) is 5.74. The molecule has 172 valence electrons. The minimum atomic E-state index is -3.05. The van der Waals surface area contributed by atoms with E-state index in [0.29, 0.717) is 29.3 Å². The summed E-state index contributed by atoms with van der Waals surface area (Å²) in [4.78, 5) is 8.71. The summed E-state index contributed by atoms with van der Waals surface area (Å²) in [5.41, 5.74) is 0.883. The van der Waals surface area contributed by atoms with Crippen LogP contribution in [0.4, 0.5) is 0 Å². The van der Waals surface area contributed by atoms with Crippen molar-refractivity contribution in [1.29, 1.82) is 0 Å². The zero-order valence-electron chi connectivity index (χ0n) is 18.5. The van der Waals surface area contributed by atoms with Gasteiger partial charge in [0.15, 0.2) is 9.84 Å². The molecule has 1 N–H and O–H groups in total. The van der Waals surface area contributed by atoms with Gasteiger partial charge in [0, 0.05) is 37.5 Å². The van der Waals surface area contributed by atoms with Gasteiger partial charge in [-0.1, -0.05) is 24.9 Å². The van der Waals surface area contributed by atoms with Crippen LogP contribution in [0.5, 0.6) is 5.88 Å². The van der Waals surface area contributed by atoms with Gasteiger partial charge in [0.2, 0.25) is 5.88 Å². The molecule has 0 spiro atoms. The SMILES string of the molecule is CCC[C@H](NS(=O)C(C)(C)C)c1cnc(OC2CC(S(C)(=O)=O)C2)c2cnc(Cl)cc12. The number of sulfone groups is 1. The topological polar surface area (TPSA) is 98.2 Å². The number of nitrogens with one attached hydrogen (secondary N) is 1. The molecule has 7 nitrogen and oxygen atoms in total. The molecule has 0 aromatic carbocycles. The van der Waals surface area contributed by atoms with Gasteiger partial charge in [-0.25, -0.2) is 27.3 Å². The lowest BCUT2D eigenvalue weighted by Crippen LogP contribution is -2.42. The van der Waals surface area contributed by atoms with Gasteiger partial charge < -0.3 is 4.74 Å². The van der Waals surface area contributed by atoms with E-state index in [9.17, 15) is 12.6 Å². The van der Waals surface area contributed by atoms with E-state index in [1.807, 2.05) is 20.8 Å². The molecule has 1 unspecified atom stereocenters. The predicted molar refractivity (Wildman–Crippen MR) is 126 cm³/mol. The third-order valence-corrected chi connectivity index (χ3v) is 8.84. The van der Waals surface area contributed by atoms with Crippen LogP contribution in [0, 0.1) is 0 Å². The Kier molecular flexibility index (Phi) is 7.30. The van der Waals surface area contributed by atoms with Crippen LogP contribution in [-0.2, 0) is 20.8 Å². The lowest BCUT2D eigenvalue weighted by Gasteiger charge is -2.34. The number of pyridine rings is 2. The van der Waals surface area contributed by atoms with Crippen LogP contribution in [-0.4, -0.2) is 45.0 Å². The molecule has 2 aromatic rings. The first-order valence-electron chi connectivity index (χ1n) is 10.4. The molecule has 0 radical (unpaired) electrons. The van der Waals surface area contributed by atoms with Crippen molar-refractivity contribution < 1.29 is 17.4 Å². The second-order valence-electron chi connectivity index (χ2n) is 9.07. The Hall–Kier alpha value is -1.29.